The number of hydrogen-bond acceptors (Lipinski definition) is 6. The summed E-state index contributed by atoms with van der Waals surface area (Å²) in [6.07, 6.45) is -2.11. The number of aromatic nitrogens is 5. The first-order valence-corrected chi connectivity index (χ1v) is 8.85. The maximum atomic E-state index is 12.7. The number of nitrogens with one attached hydrogen (secondary N) is 1. The van der Waals surface area contributed by atoms with Crippen LogP contribution < -0.4 is 15.5 Å². The van der Waals surface area contributed by atoms with E-state index in [1.54, 1.807) is 4.57 Å². The number of H-pyrrole nitrogens is 1. The number of alkyl halides is 3. The largest absolute Gasteiger partial charge is 0.417 e. The Hall–Kier alpha value is -3.11. The predicted molar refractivity (Wildman–Crippen MR) is 97.5 cm³/mol. The van der Waals surface area contributed by atoms with Crippen LogP contribution in [0.3, 0.4) is 0 Å². The molecule has 0 aromatic carbocycles. The minimum atomic E-state index is -4.39. The van der Waals surface area contributed by atoms with E-state index in [2.05, 4.69) is 19.9 Å². The van der Waals surface area contributed by atoms with Crippen LogP contribution in [0.5, 0.6) is 0 Å². The number of pyridine rings is 1. The highest BCUT2D eigenvalue weighted by Gasteiger charge is 2.31. The van der Waals surface area contributed by atoms with Crippen molar-refractivity contribution >= 4 is 22.8 Å². The van der Waals surface area contributed by atoms with E-state index < -0.39 is 11.7 Å². The highest BCUT2D eigenvalue weighted by Crippen LogP contribution is 2.29. The second kappa shape index (κ2) is 6.80. The predicted octanol–water partition coefficient (Wildman–Crippen LogP) is 1.88. The SMILES string of the molecule is CCn1c(=O)[nH]c2c(N3CCN(c4ccc(C(F)(F)F)cn4)CC3)ncnc21. The molecule has 1 N–H and O–H groups in total. The Morgan fingerprint density at radius 1 is 1.07 bits per heavy atom. The molecule has 8 nitrogen and oxygen atoms in total. The minimum absolute atomic E-state index is 0.230. The molecule has 11 heteroatoms. The molecule has 0 aliphatic carbocycles. The van der Waals surface area contributed by atoms with Gasteiger partial charge in [-0.25, -0.2) is 19.7 Å². The Bertz CT molecular complexity index is 1030. The molecule has 4 heterocycles. The van der Waals surface area contributed by atoms with Crippen molar-refractivity contribution in [3.05, 3.63) is 40.7 Å². The monoisotopic (exact) mass is 393 g/mol. The van der Waals surface area contributed by atoms with Crippen molar-refractivity contribution in [1.82, 2.24) is 24.5 Å². The van der Waals surface area contributed by atoms with Gasteiger partial charge in [0.15, 0.2) is 11.5 Å². The zero-order chi connectivity index (χ0) is 19.9. The molecule has 4 rings (SSSR count). The first kappa shape index (κ1) is 18.3. The smallest absolute Gasteiger partial charge is 0.353 e. The average Bonchev–Trinajstić information content (AvgIpc) is 3.02. The van der Waals surface area contributed by atoms with Crippen LogP contribution in [0, 0.1) is 0 Å². The summed E-state index contributed by atoms with van der Waals surface area (Å²) in [5.41, 5.74) is 0.161. The van der Waals surface area contributed by atoms with E-state index in [-0.39, 0.29) is 5.69 Å². The van der Waals surface area contributed by atoms with Gasteiger partial charge in [-0.15, -0.1) is 0 Å². The van der Waals surface area contributed by atoms with Crippen LogP contribution in [0.4, 0.5) is 24.8 Å². The first-order chi connectivity index (χ1) is 13.4. The molecule has 3 aromatic heterocycles. The Kier molecular flexibility index (Phi) is 4.44. The van der Waals surface area contributed by atoms with Gasteiger partial charge in [0.2, 0.25) is 0 Å². The van der Waals surface area contributed by atoms with Gasteiger partial charge in [0.25, 0.3) is 0 Å². The Balaban J connectivity index is 1.52. The van der Waals surface area contributed by atoms with Crippen molar-refractivity contribution in [2.75, 3.05) is 36.0 Å². The Morgan fingerprint density at radius 2 is 1.79 bits per heavy atom. The quantitative estimate of drug-likeness (QED) is 0.732. The van der Waals surface area contributed by atoms with Crippen molar-refractivity contribution in [1.29, 1.82) is 0 Å². The summed E-state index contributed by atoms with van der Waals surface area (Å²) in [4.78, 5) is 31.3. The van der Waals surface area contributed by atoms with Crippen LogP contribution in [0.2, 0.25) is 0 Å². The van der Waals surface area contributed by atoms with Crippen molar-refractivity contribution in [2.24, 2.45) is 0 Å². The topological polar surface area (TPSA) is 82.9 Å². The van der Waals surface area contributed by atoms with Crippen LogP contribution in [-0.4, -0.2) is 50.7 Å². The van der Waals surface area contributed by atoms with Crippen molar-refractivity contribution < 1.29 is 13.2 Å². The van der Waals surface area contributed by atoms with Crippen molar-refractivity contribution in [3.8, 4) is 0 Å². The normalized spacial score (nSPS) is 15.4. The molecule has 148 valence electrons. The van der Waals surface area contributed by atoms with Gasteiger partial charge >= 0.3 is 11.9 Å². The van der Waals surface area contributed by atoms with E-state index in [0.717, 1.165) is 12.3 Å². The van der Waals surface area contributed by atoms with Gasteiger partial charge in [-0.2, -0.15) is 13.2 Å². The van der Waals surface area contributed by atoms with Crippen molar-refractivity contribution in [3.63, 3.8) is 0 Å². The fourth-order valence-corrected chi connectivity index (χ4v) is 3.38. The maximum absolute atomic E-state index is 12.7. The van der Waals surface area contributed by atoms with Gasteiger partial charge in [0, 0.05) is 38.9 Å². The summed E-state index contributed by atoms with van der Waals surface area (Å²) in [5, 5.41) is 0. The van der Waals surface area contributed by atoms with E-state index in [1.807, 2.05) is 16.7 Å². The van der Waals surface area contributed by atoms with E-state index >= 15 is 0 Å². The highest BCUT2D eigenvalue weighted by molar-refractivity contribution is 5.83. The second-order valence-corrected chi connectivity index (χ2v) is 6.45. The molecule has 3 aromatic rings. The molecule has 0 radical (unpaired) electrons. The number of imidazole rings is 1. The third-order valence-corrected chi connectivity index (χ3v) is 4.83. The Labute approximate surface area is 157 Å². The number of anilines is 2. The molecule has 1 saturated heterocycles. The van der Waals surface area contributed by atoms with Crippen LogP contribution in [0.1, 0.15) is 12.5 Å². The van der Waals surface area contributed by atoms with Crippen LogP contribution in [0.15, 0.2) is 29.5 Å². The van der Waals surface area contributed by atoms with E-state index in [4.69, 9.17) is 0 Å². The van der Waals surface area contributed by atoms with Gasteiger partial charge in [0.05, 0.1) is 5.56 Å². The summed E-state index contributed by atoms with van der Waals surface area (Å²) < 4.78 is 39.6. The molecule has 28 heavy (non-hydrogen) atoms. The molecular weight excluding hydrogens is 375 g/mol. The standard InChI is InChI=1S/C17H18F3N7O/c1-2-27-15-13(24-16(27)28)14(22-10-23-15)26-7-5-25(6-8-26)12-4-3-11(9-21-12)17(18,19)20/h3-4,9-10H,2,5-8H2,1H3,(H,24,28). The second-order valence-electron chi connectivity index (χ2n) is 6.45. The molecular formula is C17H18F3N7O. The maximum Gasteiger partial charge on any atom is 0.417 e. The zero-order valence-corrected chi connectivity index (χ0v) is 15.1. The number of aromatic amines is 1. The zero-order valence-electron chi connectivity index (χ0n) is 15.1. The van der Waals surface area contributed by atoms with Crippen LogP contribution in [0.25, 0.3) is 11.2 Å². The van der Waals surface area contributed by atoms with Crippen LogP contribution in [-0.2, 0) is 12.7 Å². The lowest BCUT2D eigenvalue weighted by molar-refractivity contribution is -0.137. The van der Waals surface area contributed by atoms with E-state index in [9.17, 15) is 18.0 Å². The highest BCUT2D eigenvalue weighted by atomic mass is 19.4. The fourth-order valence-electron chi connectivity index (χ4n) is 3.38. The summed E-state index contributed by atoms with van der Waals surface area (Å²) in [5.74, 6) is 1.15. The molecule has 0 spiro atoms. The molecule has 0 amide bonds. The molecule has 0 bridgehead atoms. The molecule has 0 saturated carbocycles. The number of hydrogen-bond donors (Lipinski definition) is 1. The van der Waals surface area contributed by atoms with Crippen molar-refractivity contribution in [2.45, 2.75) is 19.6 Å². The number of halogens is 3. The number of fused-ring (bicyclic) bond motifs is 1. The average molecular weight is 393 g/mol. The minimum Gasteiger partial charge on any atom is -0.353 e. The summed E-state index contributed by atoms with van der Waals surface area (Å²) >= 11 is 0. The van der Waals surface area contributed by atoms with Gasteiger partial charge in [-0.3, -0.25) is 4.57 Å². The number of aryl methyl sites for hydroxylation is 1. The van der Waals surface area contributed by atoms with Crippen LogP contribution >= 0.6 is 0 Å². The fraction of sp³-hybridized carbons (Fsp3) is 0.412. The summed E-state index contributed by atoms with van der Waals surface area (Å²) in [6, 6.07) is 2.43. The number of piperazine rings is 1. The van der Waals surface area contributed by atoms with E-state index in [1.165, 1.54) is 12.4 Å². The lowest BCUT2D eigenvalue weighted by Gasteiger charge is -2.36. The molecule has 1 aliphatic heterocycles. The molecule has 0 unspecified atom stereocenters. The third-order valence-electron chi connectivity index (χ3n) is 4.83. The van der Waals surface area contributed by atoms with Gasteiger partial charge < -0.3 is 14.8 Å². The molecule has 1 fully saturated rings. The van der Waals surface area contributed by atoms with Gasteiger partial charge in [-0.1, -0.05) is 0 Å². The first-order valence-electron chi connectivity index (χ1n) is 8.85. The summed E-state index contributed by atoms with van der Waals surface area (Å²) in [7, 11) is 0. The number of nitrogens with zero attached hydrogens (tertiary/aromatic N) is 6. The van der Waals surface area contributed by atoms with Gasteiger partial charge in [0.1, 0.15) is 17.7 Å². The van der Waals surface area contributed by atoms with E-state index in [0.29, 0.717) is 55.5 Å². The summed E-state index contributed by atoms with van der Waals surface area (Å²) in [6.45, 7) is 4.70. The van der Waals surface area contributed by atoms with Gasteiger partial charge in [-0.05, 0) is 19.1 Å². The lowest BCUT2D eigenvalue weighted by Crippen LogP contribution is -2.47. The number of rotatable bonds is 3. The molecule has 1 aliphatic rings. The lowest BCUT2D eigenvalue weighted by atomic mass is 10.2. The molecule has 0 atom stereocenters. The third kappa shape index (κ3) is 3.16. The Morgan fingerprint density at radius 3 is 2.39 bits per heavy atom.